The maximum absolute atomic E-state index is 13.2. The maximum Gasteiger partial charge on any atom is 0.296 e. The number of ether oxygens (including phenoxy) is 1. The largest absolute Gasteiger partial charge is 0.507 e. The summed E-state index contributed by atoms with van der Waals surface area (Å²) in [4.78, 5) is 32.1. The van der Waals surface area contributed by atoms with Crippen LogP contribution in [-0.4, -0.2) is 33.8 Å². The first-order valence-electron chi connectivity index (χ1n) is 10.3. The zero-order valence-corrected chi connectivity index (χ0v) is 18.2. The van der Waals surface area contributed by atoms with Gasteiger partial charge in [0.25, 0.3) is 11.7 Å². The number of nitrogens with zero attached hydrogens (tertiary/aromatic N) is 2. The molecule has 1 saturated heterocycles. The molecule has 1 amide bonds. The quantitative estimate of drug-likeness (QED) is 0.372. The van der Waals surface area contributed by atoms with Gasteiger partial charge in [0.05, 0.1) is 36.5 Å². The van der Waals surface area contributed by atoms with Crippen molar-refractivity contribution in [2.24, 2.45) is 0 Å². The minimum atomic E-state index is -0.748. The smallest absolute Gasteiger partial charge is 0.296 e. The number of aliphatic hydroxyl groups is 1. The van der Waals surface area contributed by atoms with Crippen LogP contribution >= 0.6 is 0 Å². The molecular formula is C26H24N2O4. The molecule has 0 radical (unpaired) electrons. The fourth-order valence-corrected chi connectivity index (χ4v) is 4.05. The van der Waals surface area contributed by atoms with Crippen molar-refractivity contribution in [2.45, 2.75) is 26.4 Å². The normalized spacial score (nSPS) is 17.6. The Morgan fingerprint density at radius 3 is 2.50 bits per heavy atom. The minimum Gasteiger partial charge on any atom is -0.507 e. The lowest BCUT2D eigenvalue weighted by molar-refractivity contribution is -0.140. The number of hydrogen-bond acceptors (Lipinski definition) is 5. The van der Waals surface area contributed by atoms with E-state index in [9.17, 15) is 14.7 Å². The lowest BCUT2D eigenvalue weighted by Gasteiger charge is -2.25. The Morgan fingerprint density at radius 1 is 1.03 bits per heavy atom. The number of ketones is 1. The monoisotopic (exact) mass is 428 g/mol. The SMILES string of the molecule is COc1ccc(C)cc1/C(O)=C1\C(=O)C(=O)N(Cc2ccccn2)C1c1cccc(C)c1. The molecule has 1 aromatic heterocycles. The van der Waals surface area contributed by atoms with E-state index in [0.29, 0.717) is 17.0 Å². The van der Waals surface area contributed by atoms with Crippen LogP contribution in [0.3, 0.4) is 0 Å². The minimum absolute atomic E-state index is 0.0421. The lowest BCUT2D eigenvalue weighted by Crippen LogP contribution is -2.29. The predicted molar refractivity (Wildman–Crippen MR) is 121 cm³/mol. The van der Waals surface area contributed by atoms with Crippen molar-refractivity contribution < 1.29 is 19.4 Å². The molecule has 1 fully saturated rings. The molecule has 1 N–H and O–H groups in total. The van der Waals surface area contributed by atoms with Crippen LogP contribution in [0.15, 0.2) is 72.4 Å². The van der Waals surface area contributed by atoms with Crippen molar-refractivity contribution in [1.82, 2.24) is 9.88 Å². The number of methoxy groups -OCH3 is 1. The zero-order chi connectivity index (χ0) is 22.8. The summed E-state index contributed by atoms with van der Waals surface area (Å²) in [5.41, 5.74) is 3.69. The molecule has 0 bridgehead atoms. The molecule has 3 aromatic rings. The van der Waals surface area contributed by atoms with Crippen LogP contribution < -0.4 is 4.74 Å². The molecule has 6 nitrogen and oxygen atoms in total. The van der Waals surface area contributed by atoms with Crippen molar-refractivity contribution in [3.8, 4) is 5.75 Å². The Labute approximate surface area is 186 Å². The van der Waals surface area contributed by atoms with Crippen molar-refractivity contribution in [3.05, 3.63) is 100 Å². The van der Waals surface area contributed by atoms with E-state index in [1.807, 2.05) is 50.2 Å². The number of hydrogen-bond donors (Lipinski definition) is 1. The predicted octanol–water partition coefficient (Wildman–Crippen LogP) is 4.33. The highest BCUT2D eigenvalue weighted by atomic mass is 16.5. The van der Waals surface area contributed by atoms with Gasteiger partial charge in [0.2, 0.25) is 0 Å². The molecule has 1 unspecified atom stereocenters. The highest BCUT2D eigenvalue weighted by molar-refractivity contribution is 6.46. The molecule has 6 heteroatoms. The summed E-state index contributed by atoms with van der Waals surface area (Å²) in [6.07, 6.45) is 1.64. The number of aryl methyl sites for hydroxylation is 2. The number of Topliss-reactive ketones (excluding diaryl/α,β-unsaturated/α-hetero) is 1. The number of rotatable bonds is 5. The summed E-state index contributed by atoms with van der Waals surface area (Å²) >= 11 is 0. The fraction of sp³-hybridized carbons (Fsp3) is 0.192. The van der Waals surface area contributed by atoms with Crippen LogP contribution in [0, 0.1) is 13.8 Å². The van der Waals surface area contributed by atoms with E-state index in [0.717, 1.165) is 16.7 Å². The molecule has 32 heavy (non-hydrogen) atoms. The van der Waals surface area contributed by atoms with Crippen molar-refractivity contribution in [1.29, 1.82) is 0 Å². The number of pyridine rings is 1. The second-order valence-electron chi connectivity index (χ2n) is 7.87. The molecule has 4 rings (SSSR count). The summed E-state index contributed by atoms with van der Waals surface area (Å²) in [6, 6.07) is 17.6. The van der Waals surface area contributed by atoms with Crippen molar-refractivity contribution in [3.63, 3.8) is 0 Å². The van der Waals surface area contributed by atoms with Gasteiger partial charge in [0.1, 0.15) is 11.5 Å². The maximum atomic E-state index is 13.2. The first-order chi connectivity index (χ1) is 15.4. The fourth-order valence-electron chi connectivity index (χ4n) is 4.05. The van der Waals surface area contributed by atoms with Crippen LogP contribution in [0.2, 0.25) is 0 Å². The Bertz CT molecular complexity index is 1220. The number of amides is 1. The Kier molecular flexibility index (Phi) is 5.77. The van der Waals surface area contributed by atoms with Crippen LogP contribution in [0.25, 0.3) is 5.76 Å². The molecule has 0 aliphatic carbocycles. The van der Waals surface area contributed by atoms with E-state index in [1.165, 1.54) is 12.0 Å². The van der Waals surface area contributed by atoms with Crippen molar-refractivity contribution >= 4 is 17.4 Å². The molecular weight excluding hydrogens is 404 g/mol. The lowest BCUT2D eigenvalue weighted by atomic mass is 9.93. The Hall–Kier alpha value is -3.93. The van der Waals surface area contributed by atoms with Crippen LogP contribution in [0.1, 0.15) is 34.0 Å². The van der Waals surface area contributed by atoms with Crippen LogP contribution in [0.4, 0.5) is 0 Å². The van der Waals surface area contributed by atoms with Crippen molar-refractivity contribution in [2.75, 3.05) is 7.11 Å². The van der Waals surface area contributed by atoms with Gasteiger partial charge in [-0.2, -0.15) is 0 Å². The molecule has 0 spiro atoms. The summed E-state index contributed by atoms with van der Waals surface area (Å²) in [7, 11) is 1.50. The molecule has 2 heterocycles. The van der Waals surface area contributed by atoms with E-state index in [-0.39, 0.29) is 17.9 Å². The van der Waals surface area contributed by atoms with Gasteiger partial charge in [-0.3, -0.25) is 14.6 Å². The molecule has 0 saturated carbocycles. The average Bonchev–Trinajstić information content (AvgIpc) is 3.04. The van der Waals surface area contributed by atoms with E-state index < -0.39 is 17.7 Å². The molecule has 1 aliphatic heterocycles. The first-order valence-corrected chi connectivity index (χ1v) is 10.3. The number of likely N-dealkylation sites (tertiary alicyclic amines) is 1. The standard InChI is InChI=1S/C26H24N2O4/c1-16-7-6-8-18(13-16)23-22(24(29)20-14-17(2)10-11-21(20)32-3)25(30)26(31)28(23)15-19-9-4-5-12-27-19/h4-14,23,29H,15H2,1-3H3/b24-22+. The summed E-state index contributed by atoms with van der Waals surface area (Å²) in [6.45, 7) is 3.97. The number of carbonyl (C=O) groups excluding carboxylic acids is 2. The molecule has 1 aliphatic rings. The van der Waals surface area contributed by atoms with Gasteiger partial charge in [-0.1, -0.05) is 47.5 Å². The number of carbonyl (C=O) groups is 2. The number of aliphatic hydroxyl groups excluding tert-OH is 1. The highest BCUT2D eigenvalue weighted by Crippen LogP contribution is 2.41. The first kappa shape index (κ1) is 21.3. The number of aromatic nitrogens is 1. The van der Waals surface area contributed by atoms with Gasteiger partial charge >= 0.3 is 0 Å². The van der Waals surface area contributed by atoms with Gasteiger partial charge in [-0.05, 0) is 43.7 Å². The van der Waals surface area contributed by atoms with Crippen LogP contribution in [0.5, 0.6) is 5.75 Å². The third kappa shape index (κ3) is 3.87. The molecule has 2 aromatic carbocycles. The molecule has 162 valence electrons. The second kappa shape index (κ2) is 8.67. The highest BCUT2D eigenvalue weighted by Gasteiger charge is 2.46. The second-order valence-corrected chi connectivity index (χ2v) is 7.87. The number of benzene rings is 2. The van der Waals surface area contributed by atoms with E-state index in [4.69, 9.17) is 4.74 Å². The topological polar surface area (TPSA) is 79.7 Å². The summed E-state index contributed by atoms with van der Waals surface area (Å²) < 4.78 is 5.41. The third-order valence-corrected chi connectivity index (χ3v) is 5.57. The average molecular weight is 428 g/mol. The van der Waals surface area contributed by atoms with Gasteiger partial charge < -0.3 is 14.7 Å². The van der Waals surface area contributed by atoms with E-state index in [2.05, 4.69) is 4.98 Å². The van der Waals surface area contributed by atoms with Gasteiger partial charge in [0.15, 0.2) is 0 Å². The van der Waals surface area contributed by atoms with Gasteiger partial charge in [-0.15, -0.1) is 0 Å². The third-order valence-electron chi connectivity index (χ3n) is 5.57. The zero-order valence-electron chi connectivity index (χ0n) is 18.2. The molecule has 1 atom stereocenters. The van der Waals surface area contributed by atoms with Gasteiger partial charge in [0, 0.05) is 6.20 Å². The Balaban J connectivity index is 1.92. The van der Waals surface area contributed by atoms with E-state index >= 15 is 0 Å². The summed E-state index contributed by atoms with van der Waals surface area (Å²) in [5, 5.41) is 11.3. The van der Waals surface area contributed by atoms with E-state index in [1.54, 1.807) is 30.5 Å². The Morgan fingerprint density at radius 2 is 1.81 bits per heavy atom. The van der Waals surface area contributed by atoms with Crippen LogP contribution in [-0.2, 0) is 16.1 Å². The summed E-state index contributed by atoms with van der Waals surface area (Å²) in [5.74, 6) is -1.23. The van der Waals surface area contributed by atoms with Gasteiger partial charge in [-0.25, -0.2) is 0 Å².